The molecule has 1 aliphatic rings. The third kappa shape index (κ3) is 3.26. The Balaban J connectivity index is 1.69. The van der Waals surface area contributed by atoms with Gasteiger partial charge >= 0.3 is 6.03 Å². The zero-order chi connectivity index (χ0) is 13.0. The Labute approximate surface area is 108 Å². The standard InChI is InChI=1S/C13H21N3O2/c1-10-5-6-11(16(10)2)8-14-13(17)15-9-12-4-3-7-18-12/h5-6,12H,3-4,7-9H2,1-2H3,(H2,14,15,17). The molecular weight excluding hydrogens is 230 g/mol. The fourth-order valence-corrected chi connectivity index (χ4v) is 2.09. The van der Waals surface area contributed by atoms with Crippen molar-refractivity contribution in [1.82, 2.24) is 15.2 Å². The van der Waals surface area contributed by atoms with Crippen LogP contribution in [0.4, 0.5) is 4.79 Å². The van der Waals surface area contributed by atoms with Crippen LogP contribution in [0.1, 0.15) is 24.2 Å². The molecule has 100 valence electrons. The topological polar surface area (TPSA) is 55.3 Å². The Hall–Kier alpha value is -1.49. The van der Waals surface area contributed by atoms with Gasteiger partial charge in [0, 0.05) is 31.6 Å². The van der Waals surface area contributed by atoms with E-state index in [0.29, 0.717) is 13.1 Å². The Kier molecular flexibility index (Phi) is 4.25. The first-order chi connectivity index (χ1) is 8.66. The SMILES string of the molecule is Cc1ccc(CNC(=O)NCC2CCCO2)n1C. The van der Waals surface area contributed by atoms with Crippen molar-refractivity contribution in [3.8, 4) is 0 Å². The lowest BCUT2D eigenvalue weighted by atomic mass is 10.2. The largest absolute Gasteiger partial charge is 0.376 e. The number of ether oxygens (including phenoxy) is 1. The van der Waals surface area contributed by atoms with E-state index in [1.54, 1.807) is 0 Å². The van der Waals surface area contributed by atoms with Crippen LogP contribution in [0.2, 0.25) is 0 Å². The quantitative estimate of drug-likeness (QED) is 0.847. The Morgan fingerprint density at radius 2 is 2.33 bits per heavy atom. The van der Waals surface area contributed by atoms with Crippen LogP contribution in [0.15, 0.2) is 12.1 Å². The Bertz CT molecular complexity index is 408. The van der Waals surface area contributed by atoms with Gasteiger partial charge in [0.2, 0.25) is 0 Å². The summed E-state index contributed by atoms with van der Waals surface area (Å²) in [5.41, 5.74) is 2.28. The molecule has 2 N–H and O–H groups in total. The molecule has 1 fully saturated rings. The molecule has 2 rings (SSSR count). The second kappa shape index (κ2) is 5.91. The van der Waals surface area contributed by atoms with E-state index in [2.05, 4.69) is 15.2 Å². The number of urea groups is 1. The zero-order valence-corrected chi connectivity index (χ0v) is 11.0. The summed E-state index contributed by atoms with van der Waals surface area (Å²) in [6.07, 6.45) is 2.32. The Morgan fingerprint density at radius 3 is 2.94 bits per heavy atom. The Morgan fingerprint density at radius 1 is 1.50 bits per heavy atom. The molecule has 0 bridgehead atoms. The number of carbonyl (C=O) groups is 1. The van der Waals surface area contributed by atoms with Gasteiger partial charge < -0.3 is 19.9 Å². The predicted octanol–water partition coefficient (Wildman–Crippen LogP) is 1.31. The van der Waals surface area contributed by atoms with Gasteiger partial charge in [0.05, 0.1) is 12.6 Å². The van der Waals surface area contributed by atoms with E-state index in [4.69, 9.17) is 4.74 Å². The highest BCUT2D eigenvalue weighted by molar-refractivity contribution is 5.73. The summed E-state index contributed by atoms with van der Waals surface area (Å²) in [5.74, 6) is 0. The third-order valence-electron chi connectivity index (χ3n) is 3.42. The highest BCUT2D eigenvalue weighted by atomic mass is 16.5. The fraction of sp³-hybridized carbons (Fsp3) is 0.615. The van der Waals surface area contributed by atoms with E-state index < -0.39 is 0 Å². The summed E-state index contributed by atoms with van der Waals surface area (Å²) >= 11 is 0. The summed E-state index contributed by atoms with van der Waals surface area (Å²) in [4.78, 5) is 11.6. The number of hydrogen-bond donors (Lipinski definition) is 2. The summed E-state index contributed by atoms with van der Waals surface area (Å²) in [6.45, 7) is 4.00. The summed E-state index contributed by atoms with van der Waals surface area (Å²) in [5, 5.41) is 5.69. The molecule has 18 heavy (non-hydrogen) atoms. The number of hydrogen-bond acceptors (Lipinski definition) is 2. The van der Waals surface area contributed by atoms with Gasteiger partial charge in [-0.2, -0.15) is 0 Å². The first-order valence-corrected chi connectivity index (χ1v) is 6.41. The predicted molar refractivity (Wildman–Crippen MR) is 69.4 cm³/mol. The molecule has 5 heteroatoms. The molecule has 1 aromatic rings. The highest BCUT2D eigenvalue weighted by Gasteiger charge is 2.15. The number of rotatable bonds is 4. The van der Waals surface area contributed by atoms with E-state index in [1.165, 1.54) is 5.69 Å². The lowest BCUT2D eigenvalue weighted by Crippen LogP contribution is -2.39. The number of amides is 2. The minimum absolute atomic E-state index is 0.135. The molecule has 2 heterocycles. The van der Waals surface area contributed by atoms with E-state index in [0.717, 1.165) is 25.1 Å². The van der Waals surface area contributed by atoms with Gasteiger partial charge in [-0.05, 0) is 31.9 Å². The van der Waals surface area contributed by atoms with Gasteiger partial charge in [0.1, 0.15) is 0 Å². The minimum Gasteiger partial charge on any atom is -0.376 e. The van der Waals surface area contributed by atoms with E-state index in [1.807, 2.05) is 26.1 Å². The van der Waals surface area contributed by atoms with Crippen molar-refractivity contribution in [2.24, 2.45) is 7.05 Å². The number of nitrogens with zero attached hydrogens (tertiary/aromatic N) is 1. The van der Waals surface area contributed by atoms with Crippen LogP contribution >= 0.6 is 0 Å². The lowest BCUT2D eigenvalue weighted by Gasteiger charge is -2.12. The van der Waals surface area contributed by atoms with Crippen LogP contribution in [-0.4, -0.2) is 29.9 Å². The molecular formula is C13H21N3O2. The number of aromatic nitrogens is 1. The normalized spacial score (nSPS) is 18.9. The van der Waals surface area contributed by atoms with E-state index in [-0.39, 0.29) is 12.1 Å². The molecule has 1 aliphatic heterocycles. The highest BCUT2D eigenvalue weighted by Crippen LogP contribution is 2.10. The van der Waals surface area contributed by atoms with Crippen molar-refractivity contribution in [3.05, 3.63) is 23.5 Å². The van der Waals surface area contributed by atoms with Gasteiger partial charge in [-0.3, -0.25) is 0 Å². The smallest absolute Gasteiger partial charge is 0.315 e. The monoisotopic (exact) mass is 251 g/mol. The van der Waals surface area contributed by atoms with E-state index in [9.17, 15) is 4.79 Å². The molecule has 2 amide bonds. The molecule has 0 spiro atoms. The minimum atomic E-state index is -0.135. The van der Waals surface area contributed by atoms with Crippen molar-refractivity contribution < 1.29 is 9.53 Å². The maximum absolute atomic E-state index is 11.6. The number of nitrogens with one attached hydrogen (secondary N) is 2. The van der Waals surface area contributed by atoms with Gasteiger partial charge in [0.15, 0.2) is 0 Å². The molecule has 0 aliphatic carbocycles. The maximum Gasteiger partial charge on any atom is 0.315 e. The first kappa shape index (κ1) is 13.0. The van der Waals surface area contributed by atoms with Crippen molar-refractivity contribution in [2.45, 2.75) is 32.4 Å². The summed E-state index contributed by atoms with van der Waals surface area (Å²) < 4.78 is 7.51. The molecule has 5 nitrogen and oxygen atoms in total. The first-order valence-electron chi connectivity index (χ1n) is 6.41. The molecule has 1 atom stereocenters. The lowest BCUT2D eigenvalue weighted by molar-refractivity contribution is 0.111. The number of aryl methyl sites for hydroxylation is 1. The van der Waals surface area contributed by atoms with Crippen LogP contribution < -0.4 is 10.6 Å². The molecule has 0 saturated carbocycles. The average Bonchev–Trinajstić information content (AvgIpc) is 2.97. The van der Waals surface area contributed by atoms with Crippen molar-refractivity contribution in [1.29, 1.82) is 0 Å². The fourth-order valence-electron chi connectivity index (χ4n) is 2.09. The number of carbonyl (C=O) groups excluding carboxylic acids is 1. The van der Waals surface area contributed by atoms with Crippen molar-refractivity contribution in [3.63, 3.8) is 0 Å². The van der Waals surface area contributed by atoms with Gasteiger partial charge in [-0.15, -0.1) is 0 Å². The second-order valence-corrected chi connectivity index (χ2v) is 4.72. The van der Waals surface area contributed by atoms with Gasteiger partial charge in [-0.25, -0.2) is 4.79 Å². The average molecular weight is 251 g/mol. The van der Waals surface area contributed by atoms with Gasteiger partial charge in [-0.1, -0.05) is 0 Å². The summed E-state index contributed by atoms with van der Waals surface area (Å²) in [7, 11) is 2.00. The van der Waals surface area contributed by atoms with E-state index >= 15 is 0 Å². The van der Waals surface area contributed by atoms with Crippen molar-refractivity contribution in [2.75, 3.05) is 13.2 Å². The molecule has 0 radical (unpaired) electrons. The van der Waals surface area contributed by atoms with Crippen molar-refractivity contribution >= 4 is 6.03 Å². The van der Waals surface area contributed by atoms with Crippen LogP contribution in [0.3, 0.4) is 0 Å². The van der Waals surface area contributed by atoms with Crippen LogP contribution in [0.25, 0.3) is 0 Å². The van der Waals surface area contributed by atoms with Crippen LogP contribution in [0.5, 0.6) is 0 Å². The molecule has 0 aromatic carbocycles. The van der Waals surface area contributed by atoms with Crippen LogP contribution in [0, 0.1) is 6.92 Å². The molecule has 1 unspecified atom stereocenters. The van der Waals surface area contributed by atoms with Gasteiger partial charge in [0.25, 0.3) is 0 Å². The molecule has 1 saturated heterocycles. The summed E-state index contributed by atoms with van der Waals surface area (Å²) in [6, 6.07) is 3.93. The molecule has 1 aromatic heterocycles. The second-order valence-electron chi connectivity index (χ2n) is 4.72. The maximum atomic E-state index is 11.6. The van der Waals surface area contributed by atoms with Crippen LogP contribution in [-0.2, 0) is 18.3 Å². The third-order valence-corrected chi connectivity index (χ3v) is 3.42. The zero-order valence-electron chi connectivity index (χ0n) is 11.0.